The number of ether oxygens (including phenoxy) is 1. The Labute approximate surface area is 244 Å². The van der Waals surface area contributed by atoms with E-state index in [9.17, 15) is 9.59 Å². The fourth-order valence-electron chi connectivity index (χ4n) is 5.65. The molecule has 6 rings (SSSR count). The maximum atomic E-state index is 13.0. The molecule has 4 N–H and O–H groups in total. The minimum Gasteiger partial charge on any atom is -0.383 e. The van der Waals surface area contributed by atoms with Crippen molar-refractivity contribution in [1.29, 1.82) is 0 Å². The first-order valence-corrected chi connectivity index (χ1v) is 14.5. The third-order valence-electron chi connectivity index (χ3n) is 7.94. The van der Waals surface area contributed by atoms with Crippen LogP contribution < -0.4 is 21.3 Å². The number of nitrogens with zero attached hydrogens (tertiary/aromatic N) is 5. The molecule has 2 fully saturated rings. The number of rotatable bonds is 9. The second-order valence-electron chi connectivity index (χ2n) is 11.2. The van der Waals surface area contributed by atoms with Gasteiger partial charge in [0.15, 0.2) is 0 Å². The highest BCUT2D eigenvalue weighted by molar-refractivity contribution is 6.04. The molecule has 2 atom stereocenters. The maximum Gasteiger partial charge on any atom is 0.256 e. The lowest BCUT2D eigenvalue weighted by atomic mass is 9.97. The van der Waals surface area contributed by atoms with Crippen LogP contribution in [-0.2, 0) is 9.53 Å². The van der Waals surface area contributed by atoms with Crippen LogP contribution in [0.25, 0.3) is 16.8 Å². The molecule has 0 spiro atoms. The van der Waals surface area contributed by atoms with Gasteiger partial charge in [-0.15, -0.1) is 0 Å². The van der Waals surface area contributed by atoms with Crippen LogP contribution in [-0.4, -0.2) is 64.0 Å². The summed E-state index contributed by atoms with van der Waals surface area (Å²) in [5.41, 5.74) is 10.3. The summed E-state index contributed by atoms with van der Waals surface area (Å²) in [6.45, 7) is 3.72. The average Bonchev–Trinajstić information content (AvgIpc) is 3.78. The van der Waals surface area contributed by atoms with Gasteiger partial charge in [-0.05, 0) is 68.4 Å². The first-order chi connectivity index (χ1) is 20.4. The third kappa shape index (κ3) is 5.78. The number of benzene rings is 1. The van der Waals surface area contributed by atoms with E-state index in [1.165, 1.54) is 18.4 Å². The Hall–Kier alpha value is -4.51. The monoisotopic (exact) mass is 568 g/mol. The summed E-state index contributed by atoms with van der Waals surface area (Å²) in [5.74, 6) is 1.83. The highest BCUT2D eigenvalue weighted by Crippen LogP contribution is 2.40. The summed E-state index contributed by atoms with van der Waals surface area (Å²) < 4.78 is 7.10. The zero-order valence-corrected chi connectivity index (χ0v) is 23.9. The molecule has 1 saturated carbocycles. The number of nitrogens with two attached hydrogens (primary N) is 1. The molecule has 1 aliphatic heterocycles. The lowest BCUT2D eigenvalue weighted by molar-refractivity contribution is -0.126. The molecule has 42 heavy (non-hydrogen) atoms. The summed E-state index contributed by atoms with van der Waals surface area (Å²) in [5, 5.41) is 5.97. The van der Waals surface area contributed by atoms with Crippen molar-refractivity contribution in [1.82, 2.24) is 24.7 Å². The number of nitrogen functional groups attached to an aromatic ring is 1. The number of carbonyl (C=O) groups is 2. The van der Waals surface area contributed by atoms with Gasteiger partial charge in [-0.2, -0.15) is 0 Å². The zero-order chi connectivity index (χ0) is 29.2. The number of aromatic nitrogens is 4. The second-order valence-corrected chi connectivity index (χ2v) is 11.2. The highest BCUT2D eigenvalue weighted by Gasteiger charge is 2.30. The fourth-order valence-corrected chi connectivity index (χ4v) is 5.65. The van der Waals surface area contributed by atoms with Crippen LogP contribution >= 0.6 is 0 Å². The summed E-state index contributed by atoms with van der Waals surface area (Å²) >= 11 is 0. The number of piperidine rings is 1. The largest absolute Gasteiger partial charge is 0.383 e. The lowest BCUT2D eigenvalue weighted by Gasteiger charge is -2.32. The van der Waals surface area contributed by atoms with Crippen molar-refractivity contribution < 1.29 is 14.3 Å². The SMILES string of the molecule is COCC(C)NC(=O)C1CCCN(c2nc(-c3ccc(C(=O)Nc4cc(C5CC5)ccn4)cc3)c3c(N)nccn23)C1. The van der Waals surface area contributed by atoms with Gasteiger partial charge in [-0.25, -0.2) is 15.0 Å². The summed E-state index contributed by atoms with van der Waals surface area (Å²) in [6.07, 6.45) is 9.28. The Morgan fingerprint density at radius 2 is 1.93 bits per heavy atom. The van der Waals surface area contributed by atoms with Gasteiger partial charge in [0.2, 0.25) is 11.9 Å². The quantitative estimate of drug-likeness (QED) is 0.277. The Morgan fingerprint density at radius 1 is 1.12 bits per heavy atom. The van der Waals surface area contributed by atoms with Crippen LogP contribution in [0.15, 0.2) is 55.0 Å². The molecule has 3 aromatic heterocycles. The van der Waals surface area contributed by atoms with Gasteiger partial charge in [0.25, 0.3) is 5.91 Å². The van der Waals surface area contributed by atoms with Gasteiger partial charge < -0.3 is 26.0 Å². The smallest absolute Gasteiger partial charge is 0.256 e. The standard InChI is InChI=1S/C31H36N8O3/c1-19(18-42-2)35-30(41)24-4-3-14-38(17-24)31-37-26(27-28(32)34-13-15-39(27)31)21-7-9-22(10-8-21)29(40)36-25-16-23(11-12-33-25)20-5-6-20/h7-13,15-16,19-20,24H,3-6,14,17-18H2,1-2H3,(H2,32,34)(H,35,41)(H,33,36,40). The zero-order valence-electron chi connectivity index (χ0n) is 23.9. The molecule has 11 heteroatoms. The molecule has 0 radical (unpaired) electrons. The van der Waals surface area contributed by atoms with Crippen molar-refractivity contribution in [3.8, 4) is 11.3 Å². The topological polar surface area (TPSA) is 140 Å². The van der Waals surface area contributed by atoms with Crippen LogP contribution in [0.2, 0.25) is 0 Å². The van der Waals surface area contributed by atoms with Crippen LogP contribution in [0, 0.1) is 5.92 Å². The van der Waals surface area contributed by atoms with Crippen LogP contribution in [0.3, 0.4) is 0 Å². The molecule has 4 aromatic rings. The minimum absolute atomic E-state index is 0.0230. The number of fused-ring (bicyclic) bond motifs is 1. The van der Waals surface area contributed by atoms with Crippen molar-refractivity contribution in [2.24, 2.45) is 5.92 Å². The minimum atomic E-state index is -0.226. The van der Waals surface area contributed by atoms with Gasteiger partial charge in [-0.1, -0.05) is 12.1 Å². The number of anilines is 3. The first kappa shape index (κ1) is 27.6. The van der Waals surface area contributed by atoms with E-state index in [1.54, 1.807) is 31.6 Å². The van der Waals surface area contributed by atoms with Crippen LogP contribution in [0.1, 0.15) is 54.4 Å². The van der Waals surface area contributed by atoms with E-state index in [2.05, 4.69) is 25.5 Å². The second kappa shape index (κ2) is 11.8. The first-order valence-electron chi connectivity index (χ1n) is 14.5. The van der Waals surface area contributed by atoms with Crippen molar-refractivity contribution >= 4 is 34.9 Å². The average molecular weight is 569 g/mol. The normalized spacial score (nSPS) is 17.7. The van der Waals surface area contributed by atoms with Crippen molar-refractivity contribution in [2.45, 2.75) is 44.6 Å². The molecule has 2 aliphatic rings. The Kier molecular flexibility index (Phi) is 7.75. The molecular formula is C31H36N8O3. The summed E-state index contributed by atoms with van der Waals surface area (Å²) in [4.78, 5) is 41.7. The number of hydrogen-bond donors (Lipinski definition) is 3. The number of amides is 2. The van der Waals surface area contributed by atoms with Crippen molar-refractivity contribution in [3.05, 3.63) is 66.1 Å². The Balaban J connectivity index is 1.23. The summed E-state index contributed by atoms with van der Waals surface area (Å²) in [7, 11) is 1.63. The molecule has 4 heterocycles. The number of carbonyl (C=O) groups excluding carboxylic acids is 2. The van der Waals surface area contributed by atoms with Gasteiger partial charge in [0.05, 0.1) is 12.5 Å². The highest BCUT2D eigenvalue weighted by atomic mass is 16.5. The number of pyridine rings is 1. The Morgan fingerprint density at radius 3 is 2.69 bits per heavy atom. The van der Waals surface area contributed by atoms with E-state index < -0.39 is 0 Å². The van der Waals surface area contributed by atoms with Gasteiger partial charge in [0.1, 0.15) is 22.8 Å². The number of hydrogen-bond acceptors (Lipinski definition) is 8. The molecule has 2 unspecified atom stereocenters. The number of methoxy groups -OCH3 is 1. The Bertz CT molecular complexity index is 1600. The van der Waals surface area contributed by atoms with Gasteiger partial charge >= 0.3 is 0 Å². The predicted octanol–water partition coefficient (Wildman–Crippen LogP) is 3.87. The van der Waals surface area contributed by atoms with Crippen LogP contribution in [0.4, 0.5) is 17.6 Å². The molecule has 2 amide bonds. The molecule has 1 aromatic carbocycles. The maximum absolute atomic E-state index is 13.0. The van der Waals surface area contributed by atoms with Gasteiger partial charge in [-0.3, -0.25) is 14.0 Å². The predicted molar refractivity (Wildman–Crippen MR) is 161 cm³/mol. The molecule has 218 valence electrons. The number of nitrogens with one attached hydrogen (secondary N) is 2. The third-order valence-corrected chi connectivity index (χ3v) is 7.94. The summed E-state index contributed by atoms with van der Waals surface area (Å²) in [6, 6.07) is 11.2. The molecule has 1 saturated heterocycles. The van der Waals surface area contributed by atoms with Crippen LogP contribution in [0.5, 0.6) is 0 Å². The van der Waals surface area contributed by atoms with E-state index >= 15 is 0 Å². The fraction of sp³-hybridized carbons (Fsp3) is 0.387. The lowest BCUT2D eigenvalue weighted by Crippen LogP contribution is -2.46. The molecule has 0 bridgehead atoms. The molecule has 11 nitrogen and oxygen atoms in total. The van der Waals surface area contributed by atoms with E-state index in [0.29, 0.717) is 53.4 Å². The van der Waals surface area contributed by atoms with Crippen molar-refractivity contribution in [2.75, 3.05) is 42.8 Å². The number of imidazole rings is 1. The van der Waals surface area contributed by atoms with Crippen molar-refractivity contribution in [3.63, 3.8) is 0 Å². The van der Waals surface area contributed by atoms with E-state index in [0.717, 1.165) is 24.9 Å². The molecular weight excluding hydrogens is 532 g/mol. The molecule has 1 aliphatic carbocycles. The van der Waals surface area contributed by atoms with E-state index in [1.807, 2.05) is 41.8 Å². The van der Waals surface area contributed by atoms with E-state index in [4.69, 9.17) is 15.5 Å². The van der Waals surface area contributed by atoms with Gasteiger partial charge in [0, 0.05) is 56.0 Å². The van der Waals surface area contributed by atoms with E-state index in [-0.39, 0.29) is 23.8 Å².